The van der Waals surface area contributed by atoms with Crippen LogP contribution in [0.15, 0.2) is 48.5 Å². The number of nitrogens with one attached hydrogen (secondary N) is 1. The Labute approximate surface area is 182 Å². The first-order chi connectivity index (χ1) is 14.6. The Morgan fingerprint density at radius 1 is 1.06 bits per heavy atom. The molecule has 2 aromatic carbocycles. The number of benzene rings is 2. The number of nitrogens with zero attached hydrogens (tertiary/aromatic N) is 2. The Morgan fingerprint density at radius 3 is 2.19 bits per heavy atom. The van der Waals surface area contributed by atoms with Gasteiger partial charge >= 0.3 is 0 Å². The molecule has 0 fully saturated rings. The van der Waals surface area contributed by atoms with Crippen LogP contribution >= 0.6 is 0 Å². The smallest absolute Gasteiger partial charge is 0.244 e. The SMILES string of the molecule is CCc1ccccc1N(CC(=O)N(Cc1ccccc1F)C(C)C(=O)NC)S(C)(=O)=O. The highest BCUT2D eigenvalue weighted by Crippen LogP contribution is 2.24. The summed E-state index contributed by atoms with van der Waals surface area (Å²) in [6.07, 6.45) is 1.60. The molecule has 2 amide bonds. The summed E-state index contributed by atoms with van der Waals surface area (Å²) in [5.41, 5.74) is 1.39. The Morgan fingerprint density at radius 2 is 1.65 bits per heavy atom. The standard InChI is InChI=1S/C22H28FN3O4S/c1-5-17-10-7-9-13-20(17)26(31(4,29)30)15-21(27)25(16(2)22(28)24-3)14-18-11-6-8-12-19(18)23/h6-13,16H,5,14-15H2,1-4H3,(H,24,28). The number of carbonyl (C=O) groups excluding carboxylic acids is 2. The van der Waals surface area contributed by atoms with Gasteiger partial charge in [-0.05, 0) is 31.0 Å². The largest absolute Gasteiger partial charge is 0.357 e. The van der Waals surface area contributed by atoms with Crippen molar-refractivity contribution in [2.24, 2.45) is 0 Å². The Hall–Kier alpha value is -2.94. The molecule has 0 aliphatic rings. The summed E-state index contributed by atoms with van der Waals surface area (Å²) in [6, 6.07) is 11.9. The molecular weight excluding hydrogens is 421 g/mol. The molecule has 0 radical (unpaired) electrons. The van der Waals surface area contributed by atoms with Gasteiger partial charge in [-0.2, -0.15) is 0 Å². The number of halogens is 1. The highest BCUT2D eigenvalue weighted by molar-refractivity contribution is 7.92. The summed E-state index contributed by atoms with van der Waals surface area (Å²) >= 11 is 0. The van der Waals surface area contributed by atoms with E-state index in [0.717, 1.165) is 16.1 Å². The van der Waals surface area contributed by atoms with E-state index >= 15 is 0 Å². The number of hydrogen-bond donors (Lipinski definition) is 1. The van der Waals surface area contributed by atoms with Crippen LogP contribution < -0.4 is 9.62 Å². The minimum Gasteiger partial charge on any atom is -0.357 e. The molecule has 2 rings (SSSR count). The van der Waals surface area contributed by atoms with Gasteiger partial charge in [0.05, 0.1) is 11.9 Å². The first-order valence-electron chi connectivity index (χ1n) is 9.90. The van der Waals surface area contributed by atoms with Gasteiger partial charge in [-0.15, -0.1) is 0 Å². The molecule has 0 aliphatic heterocycles. The van der Waals surface area contributed by atoms with Crippen molar-refractivity contribution in [2.75, 3.05) is 24.2 Å². The molecule has 0 saturated heterocycles. The number of carbonyl (C=O) groups is 2. The van der Waals surface area contributed by atoms with Gasteiger partial charge in [-0.1, -0.05) is 43.3 Å². The van der Waals surface area contributed by atoms with E-state index in [4.69, 9.17) is 0 Å². The zero-order valence-electron chi connectivity index (χ0n) is 18.1. The van der Waals surface area contributed by atoms with Crippen LogP contribution in [-0.4, -0.2) is 51.0 Å². The van der Waals surface area contributed by atoms with Gasteiger partial charge < -0.3 is 10.2 Å². The molecule has 31 heavy (non-hydrogen) atoms. The molecule has 0 saturated carbocycles. The Balaban J connectivity index is 2.44. The van der Waals surface area contributed by atoms with Crippen molar-refractivity contribution in [1.82, 2.24) is 10.2 Å². The lowest BCUT2D eigenvalue weighted by Crippen LogP contribution is -2.50. The molecule has 1 atom stereocenters. The highest BCUT2D eigenvalue weighted by atomic mass is 32.2. The van der Waals surface area contributed by atoms with Crippen LogP contribution in [-0.2, 0) is 32.6 Å². The van der Waals surface area contributed by atoms with E-state index < -0.39 is 40.2 Å². The second-order valence-corrected chi connectivity index (χ2v) is 9.06. The fourth-order valence-electron chi connectivity index (χ4n) is 3.25. The third-order valence-electron chi connectivity index (χ3n) is 5.03. The normalized spacial score (nSPS) is 12.2. The lowest BCUT2D eigenvalue weighted by Gasteiger charge is -2.31. The zero-order valence-corrected chi connectivity index (χ0v) is 18.9. The van der Waals surface area contributed by atoms with Crippen LogP contribution in [0.25, 0.3) is 0 Å². The van der Waals surface area contributed by atoms with Crippen LogP contribution in [0, 0.1) is 5.82 Å². The molecule has 0 aliphatic carbocycles. The van der Waals surface area contributed by atoms with Gasteiger partial charge in [0.1, 0.15) is 18.4 Å². The second kappa shape index (κ2) is 10.4. The highest BCUT2D eigenvalue weighted by Gasteiger charge is 2.30. The fraction of sp³-hybridized carbons (Fsp3) is 0.364. The topological polar surface area (TPSA) is 86.8 Å². The summed E-state index contributed by atoms with van der Waals surface area (Å²) in [7, 11) is -2.37. The summed E-state index contributed by atoms with van der Waals surface area (Å²) in [4.78, 5) is 26.7. The van der Waals surface area contributed by atoms with Crippen LogP contribution in [0.1, 0.15) is 25.0 Å². The summed E-state index contributed by atoms with van der Waals surface area (Å²) in [6.45, 7) is 2.72. The van der Waals surface area contributed by atoms with Crippen LogP contribution in [0.2, 0.25) is 0 Å². The number of likely N-dealkylation sites (N-methyl/N-ethyl adjacent to an activating group) is 1. The Kier molecular flexibility index (Phi) is 8.15. The quantitative estimate of drug-likeness (QED) is 0.637. The van der Waals surface area contributed by atoms with Gasteiger partial charge in [0.15, 0.2) is 0 Å². The van der Waals surface area contributed by atoms with Crippen molar-refractivity contribution in [3.8, 4) is 0 Å². The summed E-state index contributed by atoms with van der Waals surface area (Å²) in [5, 5.41) is 2.48. The van der Waals surface area contributed by atoms with Gasteiger partial charge in [0.25, 0.3) is 0 Å². The Bertz CT molecular complexity index is 1040. The van der Waals surface area contributed by atoms with E-state index in [9.17, 15) is 22.4 Å². The average Bonchev–Trinajstić information content (AvgIpc) is 2.74. The maximum absolute atomic E-state index is 14.2. The number of rotatable bonds is 9. The first-order valence-corrected chi connectivity index (χ1v) is 11.7. The monoisotopic (exact) mass is 449 g/mol. The van der Waals surface area contributed by atoms with Crippen molar-refractivity contribution in [2.45, 2.75) is 32.9 Å². The molecule has 0 bridgehead atoms. The molecular formula is C22H28FN3O4S. The molecule has 0 spiro atoms. The number of sulfonamides is 1. The van der Waals surface area contributed by atoms with Gasteiger partial charge in [0, 0.05) is 19.2 Å². The minimum absolute atomic E-state index is 0.173. The third kappa shape index (κ3) is 6.04. The molecule has 1 N–H and O–H groups in total. The molecule has 0 heterocycles. The lowest BCUT2D eigenvalue weighted by molar-refractivity contribution is -0.139. The summed E-state index contributed by atoms with van der Waals surface area (Å²) in [5.74, 6) is -1.57. The molecule has 168 valence electrons. The average molecular weight is 450 g/mol. The molecule has 9 heteroatoms. The van der Waals surface area contributed by atoms with E-state index in [0.29, 0.717) is 12.1 Å². The van der Waals surface area contributed by atoms with E-state index in [-0.39, 0.29) is 12.1 Å². The lowest BCUT2D eigenvalue weighted by atomic mass is 10.1. The summed E-state index contributed by atoms with van der Waals surface area (Å²) < 4.78 is 40.3. The molecule has 1 unspecified atom stereocenters. The fourth-order valence-corrected chi connectivity index (χ4v) is 4.13. The third-order valence-corrected chi connectivity index (χ3v) is 6.16. The molecule has 2 aromatic rings. The maximum atomic E-state index is 14.2. The first kappa shape index (κ1) is 24.3. The van der Waals surface area contributed by atoms with Crippen LogP contribution in [0.3, 0.4) is 0 Å². The van der Waals surface area contributed by atoms with Gasteiger partial charge in [-0.3, -0.25) is 13.9 Å². The van der Waals surface area contributed by atoms with Gasteiger partial charge in [0.2, 0.25) is 21.8 Å². The number of para-hydroxylation sites is 1. The number of hydrogen-bond acceptors (Lipinski definition) is 4. The van der Waals surface area contributed by atoms with Crippen molar-refractivity contribution in [3.63, 3.8) is 0 Å². The number of amides is 2. The van der Waals surface area contributed by atoms with Gasteiger partial charge in [-0.25, -0.2) is 12.8 Å². The van der Waals surface area contributed by atoms with Crippen LogP contribution in [0.5, 0.6) is 0 Å². The predicted molar refractivity (Wildman–Crippen MR) is 118 cm³/mol. The minimum atomic E-state index is -3.80. The predicted octanol–water partition coefficient (Wildman–Crippen LogP) is 2.32. The van der Waals surface area contributed by atoms with E-state index in [2.05, 4.69) is 5.32 Å². The van der Waals surface area contributed by atoms with E-state index in [1.165, 1.54) is 37.1 Å². The molecule has 7 nitrogen and oxygen atoms in total. The van der Waals surface area contributed by atoms with Crippen LogP contribution in [0.4, 0.5) is 10.1 Å². The van der Waals surface area contributed by atoms with Crippen molar-refractivity contribution >= 4 is 27.5 Å². The van der Waals surface area contributed by atoms with E-state index in [1.807, 2.05) is 6.92 Å². The van der Waals surface area contributed by atoms with Crippen molar-refractivity contribution in [3.05, 3.63) is 65.5 Å². The zero-order chi connectivity index (χ0) is 23.2. The van der Waals surface area contributed by atoms with E-state index in [1.54, 1.807) is 30.3 Å². The number of aryl methyl sites for hydroxylation is 1. The maximum Gasteiger partial charge on any atom is 0.244 e. The van der Waals surface area contributed by atoms with Crippen molar-refractivity contribution < 1.29 is 22.4 Å². The molecule has 0 aromatic heterocycles. The number of anilines is 1. The second-order valence-electron chi connectivity index (χ2n) is 7.16. The van der Waals surface area contributed by atoms with Crippen molar-refractivity contribution in [1.29, 1.82) is 0 Å².